The summed E-state index contributed by atoms with van der Waals surface area (Å²) in [5.74, 6) is -0.201. The van der Waals surface area contributed by atoms with Crippen molar-refractivity contribution in [1.82, 2.24) is 10.3 Å². The Morgan fingerprint density at radius 1 is 0.968 bits per heavy atom. The van der Waals surface area contributed by atoms with Crippen LogP contribution in [0.15, 0.2) is 66.9 Å². The smallest absolute Gasteiger partial charge is 0.303 e. The molecule has 1 amide bonds. The topological polar surface area (TPSA) is 91.3 Å². The van der Waals surface area contributed by atoms with Crippen molar-refractivity contribution < 1.29 is 14.7 Å². The zero-order chi connectivity index (χ0) is 21.6. The van der Waals surface area contributed by atoms with Gasteiger partial charge in [0.05, 0.1) is 6.42 Å². The van der Waals surface area contributed by atoms with Crippen LogP contribution in [0.25, 0.3) is 0 Å². The van der Waals surface area contributed by atoms with Crippen LogP contribution in [0.4, 0.5) is 5.82 Å². The zero-order valence-electron chi connectivity index (χ0n) is 17.2. The van der Waals surface area contributed by atoms with Gasteiger partial charge >= 0.3 is 5.97 Å². The summed E-state index contributed by atoms with van der Waals surface area (Å²) in [6.07, 6.45) is 3.18. The van der Waals surface area contributed by atoms with Gasteiger partial charge in [-0.25, -0.2) is 4.98 Å². The van der Waals surface area contributed by atoms with Crippen molar-refractivity contribution in [2.75, 3.05) is 18.4 Å². The number of amides is 1. The number of benzene rings is 2. The van der Waals surface area contributed by atoms with Crippen LogP contribution in [0.2, 0.25) is 0 Å². The summed E-state index contributed by atoms with van der Waals surface area (Å²) >= 11 is 0. The molecule has 31 heavy (non-hydrogen) atoms. The van der Waals surface area contributed by atoms with E-state index in [1.54, 1.807) is 6.20 Å². The van der Waals surface area contributed by atoms with Crippen LogP contribution < -0.4 is 10.6 Å². The molecule has 0 saturated carbocycles. The molecule has 3 aromatic rings. The predicted molar refractivity (Wildman–Crippen MR) is 119 cm³/mol. The van der Waals surface area contributed by atoms with E-state index in [0.717, 1.165) is 28.1 Å². The second kappa shape index (κ2) is 9.43. The van der Waals surface area contributed by atoms with Gasteiger partial charge in [0.25, 0.3) is 5.91 Å². The van der Waals surface area contributed by atoms with Gasteiger partial charge in [0, 0.05) is 24.8 Å². The van der Waals surface area contributed by atoms with Crippen molar-refractivity contribution in [3.8, 4) is 0 Å². The first-order valence-electron chi connectivity index (χ1n) is 10.4. The standard InChI is InChI=1S/C25H25N3O3/c29-24(30)16-21-13-17-8-9-19(15-20(17)14-18-5-1-2-6-22(18)21)25(31)28-12-11-27-23-7-3-4-10-26-23/h1-10,15,21H,11-14,16H2,(H,26,27)(H,28,31)(H,29,30). The van der Waals surface area contributed by atoms with Crippen LogP contribution in [0.1, 0.15) is 45.0 Å². The van der Waals surface area contributed by atoms with Gasteiger partial charge in [-0.2, -0.15) is 0 Å². The lowest BCUT2D eigenvalue weighted by atomic mass is 9.89. The highest BCUT2D eigenvalue weighted by molar-refractivity contribution is 5.94. The van der Waals surface area contributed by atoms with E-state index in [9.17, 15) is 14.7 Å². The highest BCUT2D eigenvalue weighted by Crippen LogP contribution is 2.34. The molecule has 0 saturated heterocycles. The molecule has 0 fully saturated rings. The third-order valence-electron chi connectivity index (χ3n) is 5.61. The number of carbonyl (C=O) groups is 2. The van der Waals surface area contributed by atoms with E-state index < -0.39 is 5.97 Å². The Hall–Kier alpha value is -3.67. The van der Waals surface area contributed by atoms with Gasteiger partial charge in [0.2, 0.25) is 0 Å². The molecule has 3 N–H and O–H groups in total. The van der Waals surface area contributed by atoms with Gasteiger partial charge in [0.15, 0.2) is 0 Å². The molecule has 0 radical (unpaired) electrons. The van der Waals surface area contributed by atoms with Crippen molar-refractivity contribution in [2.24, 2.45) is 0 Å². The SMILES string of the molecule is O=C(O)CC1Cc2ccc(C(=O)NCCNc3ccccn3)cc2Cc2ccccc21. The average molecular weight is 415 g/mol. The monoisotopic (exact) mass is 415 g/mol. The van der Waals surface area contributed by atoms with Gasteiger partial charge < -0.3 is 15.7 Å². The molecule has 6 heteroatoms. The lowest BCUT2D eigenvalue weighted by Gasteiger charge is -2.16. The predicted octanol–water partition coefficient (Wildman–Crippen LogP) is 3.63. The second-order valence-electron chi connectivity index (χ2n) is 7.76. The maximum atomic E-state index is 12.7. The van der Waals surface area contributed by atoms with Gasteiger partial charge in [-0.1, -0.05) is 36.4 Å². The van der Waals surface area contributed by atoms with Crippen molar-refractivity contribution in [1.29, 1.82) is 0 Å². The number of carboxylic acid groups (broad SMARTS) is 1. The van der Waals surface area contributed by atoms with Crippen molar-refractivity contribution in [2.45, 2.75) is 25.2 Å². The largest absolute Gasteiger partial charge is 0.481 e. The first kappa shape index (κ1) is 20.6. The molecule has 4 rings (SSSR count). The number of nitrogens with zero attached hydrogens (tertiary/aromatic N) is 1. The molecular formula is C25H25N3O3. The van der Waals surface area contributed by atoms with E-state index in [-0.39, 0.29) is 18.2 Å². The number of aliphatic carboxylic acids is 1. The van der Waals surface area contributed by atoms with Crippen molar-refractivity contribution in [3.05, 3.63) is 94.7 Å². The number of carboxylic acids is 1. The minimum absolute atomic E-state index is 0.0627. The van der Waals surface area contributed by atoms with Crippen LogP contribution in [0, 0.1) is 0 Å². The van der Waals surface area contributed by atoms with Crippen LogP contribution in [0.5, 0.6) is 0 Å². The van der Waals surface area contributed by atoms with Gasteiger partial charge in [0.1, 0.15) is 5.82 Å². The Labute approximate surface area is 181 Å². The van der Waals surface area contributed by atoms with Crippen molar-refractivity contribution >= 4 is 17.7 Å². The minimum Gasteiger partial charge on any atom is -0.481 e. The summed E-state index contributed by atoms with van der Waals surface area (Å²) in [4.78, 5) is 28.2. The number of hydrogen-bond donors (Lipinski definition) is 3. The van der Waals surface area contributed by atoms with E-state index in [1.807, 2.05) is 54.6 Å². The van der Waals surface area contributed by atoms with Gasteiger partial charge in [-0.3, -0.25) is 9.59 Å². The van der Waals surface area contributed by atoms with E-state index in [1.165, 1.54) is 0 Å². The molecule has 1 aromatic heterocycles. The maximum Gasteiger partial charge on any atom is 0.303 e. The summed E-state index contributed by atoms with van der Waals surface area (Å²) < 4.78 is 0. The van der Waals surface area contributed by atoms with Gasteiger partial charge in [-0.15, -0.1) is 0 Å². The number of pyridine rings is 1. The van der Waals surface area contributed by atoms with E-state index in [2.05, 4.69) is 21.7 Å². The number of aromatic nitrogens is 1. The van der Waals surface area contributed by atoms with E-state index in [0.29, 0.717) is 31.5 Å². The number of hydrogen-bond acceptors (Lipinski definition) is 4. The summed E-state index contributed by atoms with van der Waals surface area (Å²) in [5.41, 5.74) is 5.03. The van der Waals surface area contributed by atoms with Gasteiger partial charge in [-0.05, 0) is 65.3 Å². The molecule has 1 aliphatic rings. The fourth-order valence-corrected chi connectivity index (χ4v) is 4.13. The normalized spacial score (nSPS) is 14.6. The fraction of sp³-hybridized carbons (Fsp3) is 0.240. The number of rotatable bonds is 7. The molecule has 0 bridgehead atoms. The molecular weight excluding hydrogens is 390 g/mol. The highest BCUT2D eigenvalue weighted by atomic mass is 16.4. The average Bonchev–Trinajstić information content (AvgIpc) is 2.93. The summed E-state index contributed by atoms with van der Waals surface area (Å²) in [6, 6.07) is 19.4. The number of carbonyl (C=O) groups excluding carboxylic acids is 1. The lowest BCUT2D eigenvalue weighted by molar-refractivity contribution is -0.137. The van der Waals surface area contributed by atoms with Crippen LogP contribution >= 0.6 is 0 Å². The molecule has 1 aliphatic carbocycles. The molecule has 0 spiro atoms. The quantitative estimate of drug-likeness (QED) is 0.513. The van der Waals surface area contributed by atoms with E-state index >= 15 is 0 Å². The Kier molecular flexibility index (Phi) is 6.26. The second-order valence-corrected chi connectivity index (χ2v) is 7.76. The molecule has 1 heterocycles. The Morgan fingerprint density at radius 2 is 1.81 bits per heavy atom. The Morgan fingerprint density at radius 3 is 2.61 bits per heavy atom. The van der Waals surface area contributed by atoms with Crippen LogP contribution in [0.3, 0.4) is 0 Å². The molecule has 1 unspecified atom stereocenters. The number of nitrogens with one attached hydrogen (secondary N) is 2. The third-order valence-corrected chi connectivity index (χ3v) is 5.61. The highest BCUT2D eigenvalue weighted by Gasteiger charge is 2.24. The maximum absolute atomic E-state index is 12.7. The Bertz CT molecular complexity index is 1080. The molecule has 6 nitrogen and oxygen atoms in total. The minimum atomic E-state index is -0.793. The van der Waals surface area contributed by atoms with Crippen molar-refractivity contribution in [3.63, 3.8) is 0 Å². The van der Waals surface area contributed by atoms with E-state index in [4.69, 9.17) is 0 Å². The zero-order valence-corrected chi connectivity index (χ0v) is 17.2. The summed E-state index contributed by atoms with van der Waals surface area (Å²) in [5, 5.41) is 15.5. The first-order valence-corrected chi connectivity index (χ1v) is 10.4. The number of fused-ring (bicyclic) bond motifs is 2. The van der Waals surface area contributed by atoms with Crippen LogP contribution in [-0.4, -0.2) is 35.1 Å². The first-order chi connectivity index (χ1) is 15.1. The third kappa shape index (κ3) is 5.09. The summed E-state index contributed by atoms with van der Waals surface area (Å²) in [6.45, 7) is 1.06. The summed E-state index contributed by atoms with van der Waals surface area (Å²) in [7, 11) is 0. The lowest BCUT2D eigenvalue weighted by Crippen LogP contribution is -2.29. The van der Waals surface area contributed by atoms with Crippen LogP contribution in [-0.2, 0) is 17.6 Å². The number of anilines is 1. The fourth-order valence-electron chi connectivity index (χ4n) is 4.13. The molecule has 2 aromatic carbocycles. The molecule has 0 aliphatic heterocycles. The molecule has 1 atom stereocenters. The Balaban J connectivity index is 1.45. The molecule has 158 valence electrons.